The van der Waals surface area contributed by atoms with Crippen molar-refractivity contribution >= 4 is 23.7 Å². The molecule has 1 aromatic heterocycles. The monoisotopic (exact) mass is 580 g/mol. The van der Waals surface area contributed by atoms with Crippen molar-refractivity contribution in [3.63, 3.8) is 0 Å². The zero-order valence-corrected chi connectivity index (χ0v) is 24.6. The third kappa shape index (κ3) is 7.88. The van der Waals surface area contributed by atoms with Crippen molar-refractivity contribution < 1.29 is 24.2 Å². The summed E-state index contributed by atoms with van der Waals surface area (Å²) < 4.78 is 11.9. The number of carboxylic acids is 1. The van der Waals surface area contributed by atoms with E-state index in [0.29, 0.717) is 42.8 Å². The second-order valence-electron chi connectivity index (χ2n) is 11.5. The molecule has 1 atom stereocenters. The Hall–Kier alpha value is -4.92. The molecule has 222 valence electrons. The highest BCUT2D eigenvalue weighted by Gasteiger charge is 2.30. The van der Waals surface area contributed by atoms with Gasteiger partial charge in [-0.2, -0.15) is 0 Å². The highest BCUT2D eigenvalue weighted by molar-refractivity contribution is 5.88. The maximum Gasteiger partial charge on any atom is 0.410 e. The highest BCUT2D eigenvalue weighted by atomic mass is 16.6. The molecule has 0 saturated carbocycles. The molecule has 1 fully saturated rings. The molecule has 2 heterocycles. The Kier molecular flexibility index (Phi) is 8.90. The lowest BCUT2D eigenvalue weighted by atomic mass is 9.93. The SMILES string of the molecule is CC(C)(C)OC(=O)N1CCCC(c2cc(-c3ccccc3OCc3ccccc3)nc(Nc3ccc(C(=O)O)cc3)n2)C1. The molecule has 1 unspecified atom stereocenters. The molecule has 0 spiro atoms. The molecule has 1 amide bonds. The minimum atomic E-state index is -0.994. The van der Waals surface area contributed by atoms with E-state index in [0.717, 1.165) is 29.7 Å². The molecule has 9 nitrogen and oxygen atoms in total. The zero-order valence-electron chi connectivity index (χ0n) is 24.6. The van der Waals surface area contributed by atoms with Gasteiger partial charge in [0.1, 0.15) is 18.0 Å². The van der Waals surface area contributed by atoms with Gasteiger partial charge in [0.05, 0.1) is 17.0 Å². The first-order valence-electron chi connectivity index (χ1n) is 14.4. The van der Waals surface area contributed by atoms with Gasteiger partial charge in [0.25, 0.3) is 0 Å². The van der Waals surface area contributed by atoms with Crippen LogP contribution in [0.3, 0.4) is 0 Å². The number of ether oxygens (including phenoxy) is 2. The zero-order chi connectivity index (χ0) is 30.4. The Morgan fingerprint density at radius 3 is 2.42 bits per heavy atom. The molecule has 1 aliphatic rings. The minimum Gasteiger partial charge on any atom is -0.488 e. The highest BCUT2D eigenvalue weighted by Crippen LogP contribution is 2.34. The van der Waals surface area contributed by atoms with Crippen LogP contribution in [0.4, 0.5) is 16.4 Å². The summed E-state index contributed by atoms with van der Waals surface area (Å²) in [7, 11) is 0. The average Bonchev–Trinajstić information content (AvgIpc) is 3.00. The van der Waals surface area contributed by atoms with Crippen LogP contribution in [-0.4, -0.2) is 50.7 Å². The fourth-order valence-electron chi connectivity index (χ4n) is 4.94. The lowest BCUT2D eigenvalue weighted by molar-refractivity contribution is 0.0197. The van der Waals surface area contributed by atoms with Crippen LogP contribution in [0.2, 0.25) is 0 Å². The van der Waals surface area contributed by atoms with Crippen molar-refractivity contribution in [2.24, 2.45) is 0 Å². The first-order valence-corrected chi connectivity index (χ1v) is 14.4. The number of carbonyl (C=O) groups is 2. The Bertz CT molecular complexity index is 1570. The van der Waals surface area contributed by atoms with E-state index in [1.54, 1.807) is 17.0 Å². The maximum absolute atomic E-state index is 12.9. The third-order valence-electron chi connectivity index (χ3n) is 7.03. The Labute approximate surface area is 251 Å². The number of hydrogen-bond donors (Lipinski definition) is 2. The quantitative estimate of drug-likeness (QED) is 0.224. The largest absolute Gasteiger partial charge is 0.488 e. The van der Waals surface area contributed by atoms with Crippen molar-refractivity contribution in [2.45, 2.75) is 51.7 Å². The number of benzene rings is 3. The van der Waals surface area contributed by atoms with Gasteiger partial charge in [-0.1, -0.05) is 42.5 Å². The van der Waals surface area contributed by atoms with Crippen molar-refractivity contribution in [3.8, 4) is 17.0 Å². The van der Waals surface area contributed by atoms with Crippen LogP contribution >= 0.6 is 0 Å². The Morgan fingerprint density at radius 1 is 0.977 bits per heavy atom. The molecule has 4 aromatic rings. The van der Waals surface area contributed by atoms with Crippen LogP contribution in [0.15, 0.2) is 84.9 Å². The third-order valence-corrected chi connectivity index (χ3v) is 7.03. The van der Waals surface area contributed by atoms with Crippen molar-refractivity contribution in [2.75, 3.05) is 18.4 Å². The molecule has 0 aliphatic carbocycles. The number of likely N-dealkylation sites (tertiary alicyclic amines) is 1. The molecule has 43 heavy (non-hydrogen) atoms. The average molecular weight is 581 g/mol. The topological polar surface area (TPSA) is 114 Å². The van der Waals surface area contributed by atoms with E-state index in [1.807, 2.05) is 81.4 Å². The van der Waals surface area contributed by atoms with Crippen molar-refractivity contribution in [1.82, 2.24) is 14.9 Å². The van der Waals surface area contributed by atoms with E-state index in [-0.39, 0.29) is 17.6 Å². The van der Waals surface area contributed by atoms with Gasteiger partial charge >= 0.3 is 12.1 Å². The van der Waals surface area contributed by atoms with E-state index >= 15 is 0 Å². The standard InChI is InChI=1S/C34H36N4O5/c1-34(2,3)43-33(41)38-19-9-12-25(21-38)28-20-29(37-32(36-28)35-26-17-15-24(16-18-26)31(39)40)27-13-7-8-14-30(27)42-22-23-10-5-4-6-11-23/h4-8,10-11,13-18,20,25H,9,12,19,21-22H2,1-3H3,(H,39,40)(H,35,36,37). The Morgan fingerprint density at radius 2 is 1.70 bits per heavy atom. The first kappa shape index (κ1) is 29.6. The van der Waals surface area contributed by atoms with Crippen LogP contribution in [0, 0.1) is 0 Å². The first-order chi connectivity index (χ1) is 20.6. The second-order valence-corrected chi connectivity index (χ2v) is 11.5. The van der Waals surface area contributed by atoms with Crippen LogP contribution in [0.5, 0.6) is 5.75 Å². The molecule has 9 heteroatoms. The van der Waals surface area contributed by atoms with Gasteiger partial charge in [-0.15, -0.1) is 0 Å². The fourth-order valence-corrected chi connectivity index (χ4v) is 4.94. The number of hydrogen-bond acceptors (Lipinski definition) is 7. The number of piperidine rings is 1. The van der Waals surface area contributed by atoms with Gasteiger partial charge < -0.3 is 24.8 Å². The predicted octanol–water partition coefficient (Wildman–Crippen LogP) is 7.28. The minimum absolute atomic E-state index is 0.0321. The number of aromatic carboxylic acids is 1. The summed E-state index contributed by atoms with van der Waals surface area (Å²) in [6.07, 6.45) is 1.34. The van der Waals surface area contributed by atoms with Crippen LogP contribution < -0.4 is 10.1 Å². The number of anilines is 2. The van der Waals surface area contributed by atoms with E-state index in [2.05, 4.69) is 5.32 Å². The molecule has 1 saturated heterocycles. The van der Waals surface area contributed by atoms with E-state index in [9.17, 15) is 14.7 Å². The number of nitrogens with one attached hydrogen (secondary N) is 1. The van der Waals surface area contributed by atoms with Crippen molar-refractivity contribution in [3.05, 3.63) is 102 Å². The summed E-state index contributed by atoms with van der Waals surface area (Å²) >= 11 is 0. The van der Waals surface area contributed by atoms with Gasteiger partial charge in [-0.05, 0) is 81.6 Å². The normalized spacial score (nSPS) is 15.0. The molecular formula is C34H36N4O5. The molecule has 5 rings (SSSR count). The molecule has 2 N–H and O–H groups in total. The number of para-hydroxylation sites is 1. The molecular weight excluding hydrogens is 544 g/mol. The maximum atomic E-state index is 12.9. The van der Waals surface area contributed by atoms with E-state index in [1.165, 1.54) is 12.1 Å². The molecule has 0 bridgehead atoms. The predicted molar refractivity (Wildman–Crippen MR) is 165 cm³/mol. The van der Waals surface area contributed by atoms with E-state index in [4.69, 9.17) is 19.4 Å². The number of nitrogens with zero attached hydrogens (tertiary/aromatic N) is 3. The molecule has 1 aliphatic heterocycles. The summed E-state index contributed by atoms with van der Waals surface area (Å²) in [4.78, 5) is 35.7. The lowest BCUT2D eigenvalue weighted by Crippen LogP contribution is -2.42. The molecule has 3 aromatic carbocycles. The number of carboxylic acid groups (broad SMARTS) is 1. The fraction of sp³-hybridized carbons (Fsp3) is 0.294. The summed E-state index contributed by atoms with van der Waals surface area (Å²) in [6.45, 7) is 7.10. The van der Waals surface area contributed by atoms with Gasteiger partial charge in [0.2, 0.25) is 5.95 Å². The smallest absolute Gasteiger partial charge is 0.410 e. The summed E-state index contributed by atoms with van der Waals surface area (Å²) in [5, 5.41) is 12.5. The van der Waals surface area contributed by atoms with Gasteiger partial charge in [-0.25, -0.2) is 19.6 Å². The van der Waals surface area contributed by atoms with Gasteiger partial charge in [-0.3, -0.25) is 0 Å². The Balaban J connectivity index is 1.48. The summed E-state index contributed by atoms with van der Waals surface area (Å²) in [5.74, 6) is 0.0241. The van der Waals surface area contributed by atoms with Crippen LogP contribution in [0.25, 0.3) is 11.3 Å². The number of aromatic nitrogens is 2. The second kappa shape index (κ2) is 12.9. The van der Waals surface area contributed by atoms with Crippen molar-refractivity contribution in [1.29, 1.82) is 0 Å². The van der Waals surface area contributed by atoms with Gasteiger partial charge in [0, 0.05) is 30.3 Å². The number of amides is 1. The number of rotatable bonds is 8. The number of carbonyl (C=O) groups excluding carboxylic acids is 1. The van der Waals surface area contributed by atoms with Crippen LogP contribution in [-0.2, 0) is 11.3 Å². The summed E-state index contributed by atoms with van der Waals surface area (Å²) in [5.41, 5.74) is 3.59. The van der Waals surface area contributed by atoms with Gasteiger partial charge in [0.15, 0.2) is 0 Å². The van der Waals surface area contributed by atoms with E-state index < -0.39 is 11.6 Å². The van der Waals surface area contributed by atoms with Crippen LogP contribution in [0.1, 0.15) is 61.1 Å². The summed E-state index contributed by atoms with van der Waals surface area (Å²) in [6, 6.07) is 26.1. The lowest BCUT2D eigenvalue weighted by Gasteiger charge is -2.34. The molecule has 0 radical (unpaired) electrons.